The van der Waals surface area contributed by atoms with Gasteiger partial charge in [-0.3, -0.25) is 0 Å². The van der Waals surface area contributed by atoms with Gasteiger partial charge in [0.1, 0.15) is 10.5 Å². The van der Waals surface area contributed by atoms with Gasteiger partial charge in [-0.1, -0.05) is 33.0 Å². The zero-order chi connectivity index (χ0) is 15.6. The number of H-pyrrole nitrogens is 1. The highest BCUT2D eigenvalue weighted by Gasteiger charge is 2.17. The molecule has 1 aromatic carbocycles. The SMILES string of the molecule is COc1ccc(-c2cc(=S)nc(C(C)(C)C)[nH]2)cc1OC. The van der Waals surface area contributed by atoms with Crippen LogP contribution in [0.2, 0.25) is 0 Å². The highest BCUT2D eigenvalue weighted by Crippen LogP contribution is 2.32. The lowest BCUT2D eigenvalue weighted by molar-refractivity contribution is 0.355. The molecular weight excluding hydrogens is 284 g/mol. The molecule has 0 aliphatic rings. The largest absolute Gasteiger partial charge is 0.493 e. The topological polar surface area (TPSA) is 47.1 Å². The van der Waals surface area contributed by atoms with E-state index in [1.807, 2.05) is 24.3 Å². The summed E-state index contributed by atoms with van der Waals surface area (Å²) < 4.78 is 11.2. The van der Waals surface area contributed by atoms with Gasteiger partial charge in [0.25, 0.3) is 0 Å². The Labute approximate surface area is 130 Å². The molecule has 0 unspecified atom stereocenters. The first-order chi connectivity index (χ1) is 9.85. The third kappa shape index (κ3) is 3.42. The Morgan fingerprint density at radius 1 is 1.05 bits per heavy atom. The highest BCUT2D eigenvalue weighted by atomic mass is 32.1. The third-order valence-electron chi connectivity index (χ3n) is 3.15. The smallest absolute Gasteiger partial charge is 0.161 e. The summed E-state index contributed by atoms with van der Waals surface area (Å²) in [5, 5.41) is 0. The number of nitrogens with one attached hydrogen (secondary N) is 1. The number of rotatable bonds is 3. The predicted octanol–water partition coefficient (Wildman–Crippen LogP) is 4.12. The molecule has 0 radical (unpaired) electrons. The Bertz CT molecular complexity index is 702. The maximum atomic E-state index is 5.35. The number of hydrogen-bond acceptors (Lipinski definition) is 4. The quantitative estimate of drug-likeness (QED) is 0.866. The first kappa shape index (κ1) is 15.5. The highest BCUT2D eigenvalue weighted by molar-refractivity contribution is 7.71. The van der Waals surface area contributed by atoms with E-state index in [1.54, 1.807) is 14.2 Å². The lowest BCUT2D eigenvalue weighted by Crippen LogP contribution is -2.16. The minimum absolute atomic E-state index is 0.0971. The molecule has 0 aliphatic carbocycles. The van der Waals surface area contributed by atoms with E-state index < -0.39 is 0 Å². The van der Waals surface area contributed by atoms with Crippen LogP contribution in [0.4, 0.5) is 0 Å². The number of benzene rings is 1. The van der Waals surface area contributed by atoms with Gasteiger partial charge in [-0.05, 0) is 24.3 Å². The molecule has 0 amide bonds. The Morgan fingerprint density at radius 2 is 1.71 bits per heavy atom. The second-order valence-electron chi connectivity index (χ2n) is 5.80. The van der Waals surface area contributed by atoms with Crippen LogP contribution in [-0.4, -0.2) is 24.2 Å². The van der Waals surface area contributed by atoms with Crippen molar-refractivity contribution < 1.29 is 9.47 Å². The summed E-state index contributed by atoms with van der Waals surface area (Å²) in [6.45, 7) is 6.29. The van der Waals surface area contributed by atoms with Crippen LogP contribution in [0, 0.1) is 4.64 Å². The normalized spacial score (nSPS) is 11.3. The fourth-order valence-corrected chi connectivity index (χ4v) is 2.18. The van der Waals surface area contributed by atoms with Crippen molar-refractivity contribution >= 4 is 12.2 Å². The van der Waals surface area contributed by atoms with Crippen LogP contribution < -0.4 is 9.47 Å². The second-order valence-corrected chi connectivity index (χ2v) is 6.22. The zero-order valence-corrected chi connectivity index (χ0v) is 13.8. The zero-order valence-electron chi connectivity index (χ0n) is 13.0. The number of aromatic amines is 1. The van der Waals surface area contributed by atoms with Gasteiger partial charge in [-0.25, -0.2) is 4.98 Å². The van der Waals surface area contributed by atoms with Gasteiger partial charge in [-0.15, -0.1) is 0 Å². The van der Waals surface area contributed by atoms with Crippen LogP contribution in [0.25, 0.3) is 11.3 Å². The van der Waals surface area contributed by atoms with Crippen LogP contribution in [0.1, 0.15) is 26.6 Å². The summed E-state index contributed by atoms with van der Waals surface area (Å²) in [7, 11) is 3.24. The monoisotopic (exact) mass is 304 g/mol. The van der Waals surface area contributed by atoms with Crippen LogP contribution in [-0.2, 0) is 5.41 Å². The summed E-state index contributed by atoms with van der Waals surface area (Å²) in [6, 6.07) is 7.62. The Morgan fingerprint density at radius 3 is 2.29 bits per heavy atom. The molecule has 1 heterocycles. The average Bonchev–Trinajstić information content (AvgIpc) is 2.45. The van der Waals surface area contributed by atoms with Gasteiger partial charge >= 0.3 is 0 Å². The van der Waals surface area contributed by atoms with Crippen molar-refractivity contribution in [3.63, 3.8) is 0 Å². The summed E-state index contributed by atoms with van der Waals surface area (Å²) in [4.78, 5) is 7.77. The Kier molecular flexibility index (Phi) is 4.32. The summed E-state index contributed by atoms with van der Waals surface area (Å²) in [5.41, 5.74) is 1.80. The first-order valence-electron chi connectivity index (χ1n) is 6.69. The van der Waals surface area contributed by atoms with Crippen LogP contribution >= 0.6 is 12.2 Å². The van der Waals surface area contributed by atoms with Gasteiger partial charge in [0, 0.05) is 16.7 Å². The number of methoxy groups -OCH3 is 2. The van der Waals surface area contributed by atoms with Gasteiger partial charge < -0.3 is 14.5 Å². The van der Waals surface area contributed by atoms with Crippen molar-refractivity contribution in [1.82, 2.24) is 9.97 Å². The number of aromatic nitrogens is 2. The first-order valence-corrected chi connectivity index (χ1v) is 7.10. The molecule has 4 nitrogen and oxygen atoms in total. The summed E-state index contributed by atoms with van der Waals surface area (Å²) in [6.07, 6.45) is 0. The number of ether oxygens (including phenoxy) is 2. The summed E-state index contributed by atoms with van der Waals surface area (Å²) in [5.74, 6) is 2.24. The third-order valence-corrected chi connectivity index (χ3v) is 3.36. The molecule has 0 bridgehead atoms. The molecule has 0 fully saturated rings. The van der Waals surface area contributed by atoms with Gasteiger partial charge in [0.05, 0.1) is 14.2 Å². The van der Waals surface area contributed by atoms with Crippen molar-refractivity contribution in [1.29, 1.82) is 0 Å². The van der Waals surface area contributed by atoms with E-state index in [0.717, 1.165) is 17.1 Å². The molecule has 1 aromatic heterocycles. The molecule has 21 heavy (non-hydrogen) atoms. The fourth-order valence-electron chi connectivity index (χ4n) is 1.97. The van der Waals surface area contributed by atoms with Gasteiger partial charge in [0.15, 0.2) is 11.5 Å². The molecule has 1 N–H and O–H groups in total. The van der Waals surface area contributed by atoms with Crippen molar-refractivity contribution in [2.75, 3.05) is 14.2 Å². The van der Waals surface area contributed by atoms with Crippen LogP contribution in [0.5, 0.6) is 11.5 Å². The lowest BCUT2D eigenvalue weighted by atomic mass is 9.95. The standard InChI is InChI=1S/C16H20N2O2S/c1-16(2,3)15-17-11(9-14(21)18-15)10-6-7-12(19-4)13(8-10)20-5/h6-9H,1-5H3,(H,17,18,21). The average molecular weight is 304 g/mol. The van der Waals surface area contributed by atoms with E-state index in [4.69, 9.17) is 21.7 Å². The maximum absolute atomic E-state index is 5.35. The van der Waals surface area contributed by atoms with Crippen molar-refractivity contribution in [3.05, 3.63) is 34.7 Å². The molecule has 0 saturated carbocycles. The van der Waals surface area contributed by atoms with Crippen LogP contribution in [0.3, 0.4) is 0 Å². The molecule has 0 atom stereocenters. The molecule has 2 rings (SSSR count). The molecule has 0 spiro atoms. The van der Waals surface area contributed by atoms with E-state index in [-0.39, 0.29) is 5.41 Å². The number of hydrogen-bond donors (Lipinski definition) is 1. The van der Waals surface area contributed by atoms with Crippen molar-refractivity contribution in [3.8, 4) is 22.8 Å². The van der Waals surface area contributed by atoms with E-state index >= 15 is 0 Å². The molecular formula is C16H20N2O2S. The van der Waals surface area contributed by atoms with Crippen molar-refractivity contribution in [2.45, 2.75) is 26.2 Å². The Balaban J connectivity index is 2.57. The van der Waals surface area contributed by atoms with E-state index in [0.29, 0.717) is 16.1 Å². The summed E-state index contributed by atoms with van der Waals surface area (Å²) >= 11 is 5.28. The predicted molar refractivity (Wildman–Crippen MR) is 86.7 cm³/mol. The van der Waals surface area contributed by atoms with E-state index in [9.17, 15) is 0 Å². The molecule has 0 saturated heterocycles. The van der Waals surface area contributed by atoms with Gasteiger partial charge in [-0.2, -0.15) is 0 Å². The van der Waals surface area contributed by atoms with E-state index in [2.05, 4.69) is 30.7 Å². The maximum Gasteiger partial charge on any atom is 0.161 e. The molecule has 0 aliphatic heterocycles. The molecule has 112 valence electrons. The second kappa shape index (κ2) is 5.85. The van der Waals surface area contributed by atoms with Crippen LogP contribution in [0.15, 0.2) is 24.3 Å². The Hall–Kier alpha value is -1.88. The molecule has 2 aromatic rings. The van der Waals surface area contributed by atoms with Gasteiger partial charge in [0.2, 0.25) is 0 Å². The molecule has 5 heteroatoms. The minimum Gasteiger partial charge on any atom is -0.493 e. The van der Waals surface area contributed by atoms with Crippen molar-refractivity contribution in [2.24, 2.45) is 0 Å². The lowest BCUT2D eigenvalue weighted by Gasteiger charge is -2.18. The number of nitrogens with zero attached hydrogens (tertiary/aromatic N) is 1. The minimum atomic E-state index is -0.0971. The van der Waals surface area contributed by atoms with E-state index in [1.165, 1.54) is 0 Å². The fraction of sp³-hybridized carbons (Fsp3) is 0.375.